The molecule has 3 heterocycles. The Morgan fingerprint density at radius 2 is 2.16 bits per heavy atom. The van der Waals surface area contributed by atoms with E-state index < -0.39 is 0 Å². The third-order valence-corrected chi connectivity index (χ3v) is 4.28. The summed E-state index contributed by atoms with van der Waals surface area (Å²) in [5.41, 5.74) is 3.08. The van der Waals surface area contributed by atoms with Gasteiger partial charge in [-0.2, -0.15) is 0 Å². The van der Waals surface area contributed by atoms with Gasteiger partial charge in [0.2, 0.25) is 0 Å². The molecule has 7 nitrogen and oxygen atoms in total. The molecule has 0 aliphatic heterocycles. The topological polar surface area (TPSA) is 84.3 Å². The molecule has 4 rings (SSSR count). The number of rotatable bonds is 4. The Morgan fingerprint density at radius 1 is 1.28 bits per heavy atom. The van der Waals surface area contributed by atoms with Crippen molar-refractivity contribution in [3.8, 4) is 5.75 Å². The van der Waals surface area contributed by atoms with Gasteiger partial charge in [0.25, 0.3) is 5.91 Å². The third-order valence-electron chi connectivity index (χ3n) is 4.28. The Morgan fingerprint density at radius 3 is 3.00 bits per heavy atom. The maximum absolute atomic E-state index is 12.6. The summed E-state index contributed by atoms with van der Waals surface area (Å²) in [6, 6.07) is 11.4. The van der Waals surface area contributed by atoms with Gasteiger partial charge in [0.1, 0.15) is 11.4 Å². The number of hydrogen-bond donors (Lipinski definition) is 2. The first-order valence-corrected chi connectivity index (χ1v) is 7.90. The van der Waals surface area contributed by atoms with Gasteiger partial charge in [0.05, 0.1) is 13.7 Å². The zero-order chi connectivity index (χ0) is 17.4. The van der Waals surface area contributed by atoms with Gasteiger partial charge in [0, 0.05) is 17.1 Å². The first-order chi connectivity index (χ1) is 12.2. The Labute approximate surface area is 143 Å². The molecule has 25 heavy (non-hydrogen) atoms. The van der Waals surface area contributed by atoms with Crippen LogP contribution in [0.1, 0.15) is 21.9 Å². The first-order valence-electron chi connectivity index (χ1n) is 7.90. The molecule has 0 aliphatic carbocycles. The summed E-state index contributed by atoms with van der Waals surface area (Å²) in [4.78, 5) is 15.8. The van der Waals surface area contributed by atoms with E-state index in [0.717, 1.165) is 27.9 Å². The fourth-order valence-electron chi connectivity index (χ4n) is 2.92. The van der Waals surface area contributed by atoms with Gasteiger partial charge in [-0.15, -0.1) is 10.2 Å². The van der Waals surface area contributed by atoms with Crippen molar-refractivity contribution >= 4 is 22.5 Å². The average molecular weight is 335 g/mol. The SMILES string of the molecule is COc1ccc2[nH]c(C(=O)NCc3nnc4ccccn34)c(C)c2c1. The molecule has 0 unspecified atom stereocenters. The fourth-order valence-corrected chi connectivity index (χ4v) is 2.92. The van der Waals surface area contributed by atoms with Crippen LogP contribution in [0.2, 0.25) is 0 Å². The summed E-state index contributed by atoms with van der Waals surface area (Å²) in [7, 11) is 1.62. The molecule has 0 spiro atoms. The lowest BCUT2D eigenvalue weighted by molar-refractivity contribution is 0.0945. The molecular formula is C18H17N5O2. The van der Waals surface area contributed by atoms with Gasteiger partial charge < -0.3 is 15.0 Å². The number of ether oxygens (including phenoxy) is 1. The van der Waals surface area contributed by atoms with Gasteiger partial charge in [-0.25, -0.2) is 0 Å². The minimum Gasteiger partial charge on any atom is -0.497 e. The van der Waals surface area contributed by atoms with Crippen molar-refractivity contribution in [2.24, 2.45) is 0 Å². The van der Waals surface area contributed by atoms with Gasteiger partial charge in [-0.1, -0.05) is 6.07 Å². The minimum atomic E-state index is -0.180. The first kappa shape index (κ1) is 15.2. The standard InChI is InChI=1S/C18H17N5O2/c1-11-13-9-12(25-2)6-7-14(13)20-17(11)18(24)19-10-16-22-21-15-5-3-4-8-23(15)16/h3-9,20H,10H2,1-2H3,(H,19,24). The van der Waals surface area contributed by atoms with E-state index >= 15 is 0 Å². The van der Waals surface area contributed by atoms with Crippen LogP contribution in [0.4, 0.5) is 0 Å². The zero-order valence-corrected chi connectivity index (χ0v) is 13.9. The predicted molar refractivity (Wildman–Crippen MR) is 93.7 cm³/mol. The number of hydrogen-bond acceptors (Lipinski definition) is 4. The molecule has 0 fully saturated rings. The lowest BCUT2D eigenvalue weighted by Gasteiger charge is -2.04. The van der Waals surface area contributed by atoms with Gasteiger partial charge >= 0.3 is 0 Å². The van der Waals surface area contributed by atoms with Crippen LogP contribution in [0, 0.1) is 6.92 Å². The number of benzene rings is 1. The second kappa shape index (κ2) is 5.94. The molecule has 2 N–H and O–H groups in total. The number of aromatic amines is 1. The summed E-state index contributed by atoms with van der Waals surface area (Å²) in [5, 5.41) is 12.1. The molecule has 0 atom stereocenters. The van der Waals surface area contributed by atoms with Crippen LogP contribution in [-0.4, -0.2) is 32.6 Å². The van der Waals surface area contributed by atoms with Crippen LogP contribution in [0.3, 0.4) is 0 Å². The summed E-state index contributed by atoms with van der Waals surface area (Å²) < 4.78 is 7.10. The molecule has 0 aliphatic rings. The van der Waals surface area contributed by atoms with E-state index in [1.807, 2.05) is 53.9 Å². The molecule has 1 aromatic carbocycles. The number of amides is 1. The number of fused-ring (bicyclic) bond motifs is 2. The van der Waals surface area contributed by atoms with Crippen molar-refractivity contribution < 1.29 is 9.53 Å². The molecule has 0 saturated carbocycles. The van der Waals surface area contributed by atoms with Gasteiger partial charge in [0.15, 0.2) is 11.5 Å². The highest BCUT2D eigenvalue weighted by Gasteiger charge is 2.16. The molecule has 1 amide bonds. The molecule has 7 heteroatoms. The van der Waals surface area contributed by atoms with Crippen LogP contribution in [0.25, 0.3) is 16.6 Å². The van der Waals surface area contributed by atoms with E-state index in [4.69, 9.17) is 4.74 Å². The van der Waals surface area contributed by atoms with E-state index in [-0.39, 0.29) is 5.91 Å². The quantitative estimate of drug-likeness (QED) is 0.600. The largest absolute Gasteiger partial charge is 0.497 e. The summed E-state index contributed by atoms with van der Waals surface area (Å²) in [5.74, 6) is 1.26. The molecule has 4 aromatic rings. The number of carbonyl (C=O) groups is 1. The van der Waals surface area contributed by atoms with Crippen LogP contribution in [-0.2, 0) is 6.54 Å². The van der Waals surface area contributed by atoms with Crippen LogP contribution in [0.15, 0.2) is 42.6 Å². The normalized spacial score (nSPS) is 11.1. The van der Waals surface area contributed by atoms with Crippen molar-refractivity contribution in [1.82, 2.24) is 24.9 Å². The van der Waals surface area contributed by atoms with Gasteiger partial charge in [-0.05, 0) is 42.8 Å². The molecular weight excluding hydrogens is 318 g/mol. The van der Waals surface area contributed by atoms with Crippen molar-refractivity contribution in [1.29, 1.82) is 0 Å². The fraction of sp³-hybridized carbons (Fsp3) is 0.167. The summed E-state index contributed by atoms with van der Waals surface area (Å²) >= 11 is 0. The number of carbonyl (C=O) groups excluding carboxylic acids is 1. The number of pyridine rings is 1. The van der Waals surface area contributed by atoms with Crippen LogP contribution < -0.4 is 10.1 Å². The Bertz CT molecular complexity index is 1080. The number of nitrogens with zero attached hydrogens (tertiary/aromatic N) is 3. The minimum absolute atomic E-state index is 0.180. The molecule has 3 aromatic heterocycles. The van der Waals surface area contributed by atoms with Crippen molar-refractivity contribution in [3.05, 3.63) is 59.7 Å². The molecule has 0 saturated heterocycles. The number of aromatic nitrogens is 4. The number of methoxy groups -OCH3 is 1. The molecule has 0 bridgehead atoms. The van der Waals surface area contributed by atoms with Crippen molar-refractivity contribution in [2.45, 2.75) is 13.5 Å². The Balaban J connectivity index is 1.59. The van der Waals surface area contributed by atoms with Gasteiger partial charge in [-0.3, -0.25) is 9.20 Å². The Kier molecular flexibility index (Phi) is 3.61. The van der Waals surface area contributed by atoms with Crippen molar-refractivity contribution in [2.75, 3.05) is 7.11 Å². The molecule has 126 valence electrons. The smallest absolute Gasteiger partial charge is 0.268 e. The second-order valence-electron chi connectivity index (χ2n) is 5.76. The van der Waals surface area contributed by atoms with E-state index in [2.05, 4.69) is 20.5 Å². The third kappa shape index (κ3) is 2.59. The maximum Gasteiger partial charge on any atom is 0.268 e. The lowest BCUT2D eigenvalue weighted by Crippen LogP contribution is -2.25. The van der Waals surface area contributed by atoms with E-state index in [1.54, 1.807) is 7.11 Å². The van der Waals surface area contributed by atoms with E-state index in [0.29, 0.717) is 18.1 Å². The predicted octanol–water partition coefficient (Wildman–Crippen LogP) is 2.46. The summed E-state index contributed by atoms with van der Waals surface area (Å²) in [6.07, 6.45) is 1.87. The monoisotopic (exact) mass is 335 g/mol. The van der Waals surface area contributed by atoms with Crippen LogP contribution in [0.5, 0.6) is 5.75 Å². The zero-order valence-electron chi connectivity index (χ0n) is 13.9. The van der Waals surface area contributed by atoms with Crippen molar-refractivity contribution in [3.63, 3.8) is 0 Å². The highest BCUT2D eigenvalue weighted by Crippen LogP contribution is 2.25. The van der Waals surface area contributed by atoms with E-state index in [1.165, 1.54) is 0 Å². The molecule has 0 radical (unpaired) electrons. The maximum atomic E-state index is 12.6. The second-order valence-corrected chi connectivity index (χ2v) is 5.76. The van der Waals surface area contributed by atoms with E-state index in [9.17, 15) is 4.79 Å². The number of nitrogens with one attached hydrogen (secondary N) is 2. The van der Waals surface area contributed by atoms with Crippen LogP contribution >= 0.6 is 0 Å². The highest BCUT2D eigenvalue weighted by molar-refractivity contribution is 6.01. The highest BCUT2D eigenvalue weighted by atomic mass is 16.5. The number of H-pyrrole nitrogens is 1. The lowest BCUT2D eigenvalue weighted by atomic mass is 10.1. The number of aryl methyl sites for hydroxylation is 1. The Hall–Kier alpha value is -3.35. The summed E-state index contributed by atoms with van der Waals surface area (Å²) in [6.45, 7) is 2.21. The average Bonchev–Trinajstić information content (AvgIpc) is 3.21.